The lowest BCUT2D eigenvalue weighted by molar-refractivity contribution is 1.19. The predicted molar refractivity (Wildman–Crippen MR) is 62.9 cm³/mol. The Kier molecular flexibility index (Phi) is 2.22. The Bertz CT molecular complexity index is 445. The first-order valence-electron chi connectivity index (χ1n) is 4.21. The van der Waals surface area contributed by atoms with E-state index in [9.17, 15) is 0 Å². The highest BCUT2D eigenvalue weighted by molar-refractivity contribution is 7.80. The van der Waals surface area contributed by atoms with Crippen LogP contribution >= 0.6 is 24.0 Å². The minimum Gasteiger partial charge on any atom is -0.399 e. The van der Waals surface area contributed by atoms with Crippen molar-refractivity contribution in [3.05, 3.63) is 23.1 Å². The van der Waals surface area contributed by atoms with E-state index < -0.39 is 0 Å². The summed E-state index contributed by atoms with van der Waals surface area (Å²) in [5.41, 5.74) is 6.53. The maximum absolute atomic E-state index is 5.73. The van der Waals surface area contributed by atoms with E-state index in [4.69, 9.17) is 5.73 Å². The molecule has 1 aromatic carbocycles. The summed E-state index contributed by atoms with van der Waals surface area (Å²) in [7, 11) is 0. The van der Waals surface area contributed by atoms with Crippen LogP contribution in [0.4, 0.5) is 5.69 Å². The third-order valence-corrected chi connectivity index (χ3v) is 3.63. The summed E-state index contributed by atoms with van der Waals surface area (Å²) in [4.78, 5) is 2.36. The topological polar surface area (TPSA) is 26.0 Å². The number of thiophene rings is 1. The number of anilines is 1. The maximum atomic E-state index is 5.73. The first-order chi connectivity index (χ1) is 6.20. The minimum atomic E-state index is 0.794. The van der Waals surface area contributed by atoms with Gasteiger partial charge in [0.2, 0.25) is 0 Å². The molecular formula is C10H11NS2. The second kappa shape index (κ2) is 3.24. The zero-order valence-corrected chi connectivity index (χ0v) is 9.08. The normalized spacial score (nSPS) is 10.9. The van der Waals surface area contributed by atoms with E-state index in [1.165, 1.54) is 15.0 Å². The van der Waals surface area contributed by atoms with Gasteiger partial charge < -0.3 is 5.73 Å². The van der Waals surface area contributed by atoms with E-state index in [1.807, 2.05) is 12.1 Å². The van der Waals surface area contributed by atoms with Crippen LogP contribution in [0.15, 0.2) is 23.1 Å². The van der Waals surface area contributed by atoms with Crippen molar-refractivity contribution in [1.29, 1.82) is 0 Å². The number of nitrogens with two attached hydrogens (primary N) is 1. The average molecular weight is 209 g/mol. The first kappa shape index (κ1) is 8.91. The Morgan fingerprint density at radius 3 is 2.85 bits per heavy atom. The van der Waals surface area contributed by atoms with Gasteiger partial charge in [-0.2, -0.15) is 0 Å². The van der Waals surface area contributed by atoms with Gasteiger partial charge in [0.05, 0.1) is 0 Å². The third-order valence-electron chi connectivity index (χ3n) is 2.04. The van der Waals surface area contributed by atoms with E-state index in [-0.39, 0.29) is 0 Å². The summed E-state index contributed by atoms with van der Waals surface area (Å²) in [6, 6.07) is 6.11. The lowest BCUT2D eigenvalue weighted by Gasteiger charge is -1.96. The van der Waals surface area contributed by atoms with Crippen molar-refractivity contribution in [2.24, 2.45) is 0 Å². The number of nitrogen functional groups attached to an aromatic ring is 1. The van der Waals surface area contributed by atoms with Gasteiger partial charge in [0.25, 0.3) is 0 Å². The molecule has 0 aliphatic heterocycles. The molecule has 0 amide bonds. The molecule has 0 fully saturated rings. The molecule has 1 heterocycles. The number of rotatable bonds is 1. The highest BCUT2D eigenvalue weighted by atomic mass is 32.1. The van der Waals surface area contributed by atoms with Crippen molar-refractivity contribution < 1.29 is 0 Å². The number of hydrogen-bond donors (Lipinski definition) is 2. The highest BCUT2D eigenvalue weighted by Gasteiger charge is 2.04. The molecule has 68 valence electrons. The van der Waals surface area contributed by atoms with Gasteiger partial charge in [0, 0.05) is 25.5 Å². The van der Waals surface area contributed by atoms with Crippen LogP contribution in [0.3, 0.4) is 0 Å². The monoisotopic (exact) mass is 209 g/mol. The summed E-state index contributed by atoms with van der Waals surface area (Å²) < 4.78 is 1.24. The van der Waals surface area contributed by atoms with E-state index in [2.05, 4.69) is 25.6 Å². The van der Waals surface area contributed by atoms with E-state index in [1.54, 1.807) is 11.3 Å². The highest BCUT2D eigenvalue weighted by Crippen LogP contribution is 2.32. The molecule has 0 radical (unpaired) electrons. The SMILES string of the molecule is CCc1cc2c(S)cc(N)cc2s1. The van der Waals surface area contributed by atoms with Gasteiger partial charge >= 0.3 is 0 Å². The Balaban J connectivity index is 2.75. The van der Waals surface area contributed by atoms with Crippen molar-refractivity contribution in [3.8, 4) is 0 Å². The number of thiol groups is 1. The zero-order valence-electron chi connectivity index (χ0n) is 7.37. The quantitative estimate of drug-likeness (QED) is 0.547. The van der Waals surface area contributed by atoms with Crippen molar-refractivity contribution in [2.45, 2.75) is 18.2 Å². The molecule has 13 heavy (non-hydrogen) atoms. The van der Waals surface area contributed by atoms with E-state index >= 15 is 0 Å². The van der Waals surface area contributed by atoms with E-state index in [0.717, 1.165) is 17.0 Å². The molecular weight excluding hydrogens is 198 g/mol. The Morgan fingerprint density at radius 1 is 1.38 bits per heavy atom. The first-order valence-corrected chi connectivity index (χ1v) is 5.48. The van der Waals surface area contributed by atoms with Crippen LogP contribution in [0.2, 0.25) is 0 Å². The number of fused-ring (bicyclic) bond motifs is 1. The largest absolute Gasteiger partial charge is 0.399 e. The van der Waals surface area contributed by atoms with Crippen LogP contribution in [0.25, 0.3) is 10.1 Å². The molecule has 0 saturated carbocycles. The zero-order chi connectivity index (χ0) is 9.42. The summed E-state index contributed by atoms with van der Waals surface area (Å²) in [6.45, 7) is 2.16. The molecule has 0 unspecified atom stereocenters. The van der Waals surface area contributed by atoms with Crippen LogP contribution in [0, 0.1) is 0 Å². The molecule has 3 heteroatoms. The molecule has 0 aliphatic rings. The maximum Gasteiger partial charge on any atom is 0.0377 e. The van der Waals surface area contributed by atoms with Crippen LogP contribution in [-0.4, -0.2) is 0 Å². The van der Waals surface area contributed by atoms with Crippen LogP contribution in [0.1, 0.15) is 11.8 Å². The molecule has 1 nitrogen and oxygen atoms in total. The van der Waals surface area contributed by atoms with Crippen molar-refractivity contribution in [3.63, 3.8) is 0 Å². The van der Waals surface area contributed by atoms with Crippen molar-refractivity contribution in [1.82, 2.24) is 0 Å². The Hall–Kier alpha value is -0.670. The lowest BCUT2D eigenvalue weighted by atomic mass is 10.2. The molecule has 2 N–H and O–H groups in total. The Morgan fingerprint density at radius 2 is 2.15 bits per heavy atom. The second-order valence-corrected chi connectivity index (χ2v) is 4.67. The summed E-state index contributed by atoms with van der Waals surface area (Å²) in [6.07, 6.45) is 1.08. The molecule has 2 rings (SSSR count). The van der Waals surface area contributed by atoms with Crippen LogP contribution in [-0.2, 0) is 6.42 Å². The number of benzene rings is 1. The van der Waals surface area contributed by atoms with Gasteiger partial charge in [-0.15, -0.1) is 24.0 Å². The van der Waals surface area contributed by atoms with Gasteiger partial charge in [-0.05, 0) is 24.6 Å². The van der Waals surface area contributed by atoms with Gasteiger partial charge in [-0.1, -0.05) is 6.92 Å². The predicted octanol–water partition coefficient (Wildman–Crippen LogP) is 3.33. The lowest BCUT2D eigenvalue weighted by Crippen LogP contribution is -1.82. The number of hydrogen-bond acceptors (Lipinski definition) is 3. The van der Waals surface area contributed by atoms with Crippen molar-refractivity contribution in [2.75, 3.05) is 5.73 Å². The van der Waals surface area contributed by atoms with Gasteiger partial charge in [0.15, 0.2) is 0 Å². The fourth-order valence-electron chi connectivity index (χ4n) is 1.37. The summed E-state index contributed by atoms with van der Waals surface area (Å²) >= 11 is 6.20. The molecule has 0 saturated heterocycles. The fourth-order valence-corrected chi connectivity index (χ4v) is 2.86. The van der Waals surface area contributed by atoms with Gasteiger partial charge in [-0.25, -0.2) is 0 Å². The molecule has 0 bridgehead atoms. The van der Waals surface area contributed by atoms with Crippen LogP contribution in [0.5, 0.6) is 0 Å². The van der Waals surface area contributed by atoms with E-state index in [0.29, 0.717) is 0 Å². The average Bonchev–Trinajstić information content (AvgIpc) is 2.47. The molecule has 0 aliphatic carbocycles. The Labute approximate surface area is 87.0 Å². The van der Waals surface area contributed by atoms with Gasteiger partial charge in [-0.3, -0.25) is 0 Å². The molecule has 1 aromatic heterocycles. The number of aryl methyl sites for hydroxylation is 1. The van der Waals surface area contributed by atoms with Gasteiger partial charge in [0.1, 0.15) is 0 Å². The van der Waals surface area contributed by atoms with Crippen LogP contribution < -0.4 is 5.73 Å². The fraction of sp³-hybridized carbons (Fsp3) is 0.200. The third kappa shape index (κ3) is 1.54. The molecule has 0 spiro atoms. The second-order valence-electron chi connectivity index (χ2n) is 3.02. The minimum absolute atomic E-state index is 0.794. The van der Waals surface area contributed by atoms with Crippen molar-refractivity contribution >= 4 is 39.7 Å². The molecule has 2 aromatic rings. The molecule has 0 atom stereocenters. The smallest absolute Gasteiger partial charge is 0.0377 e. The standard InChI is InChI=1S/C10H11NS2/c1-2-7-5-8-9(12)3-6(11)4-10(8)13-7/h3-5,12H,2,11H2,1H3. The summed E-state index contributed by atoms with van der Waals surface area (Å²) in [5.74, 6) is 0. The summed E-state index contributed by atoms with van der Waals surface area (Å²) in [5, 5.41) is 1.22.